The number of nitrogens with zero attached hydrogens (tertiary/aromatic N) is 2. The second-order valence-electron chi connectivity index (χ2n) is 13.0. The van der Waals surface area contributed by atoms with Crippen LogP contribution in [0.2, 0.25) is 0 Å². The molecule has 3 aliphatic rings. The summed E-state index contributed by atoms with van der Waals surface area (Å²) in [5, 5.41) is 0. The van der Waals surface area contributed by atoms with Crippen LogP contribution in [0, 0.1) is 24.2 Å². The molecule has 2 amide bonds. The lowest BCUT2D eigenvalue weighted by molar-refractivity contribution is -0.122. The van der Waals surface area contributed by atoms with Gasteiger partial charge < -0.3 is 9.64 Å². The van der Waals surface area contributed by atoms with E-state index in [2.05, 4.69) is 72.5 Å². The first-order valence-electron chi connectivity index (χ1n) is 16.0. The molecule has 1 unspecified atom stereocenters. The molecule has 2 saturated heterocycles. The molecular formula is C38H42N2O4. The highest BCUT2D eigenvalue weighted by Gasteiger charge is 2.47. The summed E-state index contributed by atoms with van der Waals surface area (Å²) in [7, 11) is 0. The zero-order valence-electron chi connectivity index (χ0n) is 25.8. The molecule has 1 saturated carbocycles. The highest BCUT2D eigenvalue weighted by Crippen LogP contribution is 2.49. The third-order valence-electron chi connectivity index (χ3n) is 9.63. The molecule has 1 aliphatic carbocycles. The Morgan fingerprint density at radius 1 is 1.02 bits per heavy atom. The van der Waals surface area contributed by atoms with E-state index < -0.39 is 11.9 Å². The van der Waals surface area contributed by atoms with Crippen molar-refractivity contribution < 1.29 is 19.1 Å². The standard InChI is InChI=1S/C38H42N2O4/c1-27-11-8-14-30(21-27)23-33-31-16-9-19-38(33,25-39(24-31)20-10-15-29-12-4-3-5-13-29)26-44-37(43)32-17-6-7-18-34(32)40-35(41)22-28(2)36(40)42/h3-8,11-14,17-18,21,23,28,31H,9-10,15-16,19-20,22,24-26H2,1-2H3/b33-23+/t28?,31-,38+/m0/s1. The summed E-state index contributed by atoms with van der Waals surface area (Å²) < 4.78 is 6.20. The lowest BCUT2D eigenvalue weighted by Crippen LogP contribution is -2.53. The van der Waals surface area contributed by atoms with E-state index in [0.29, 0.717) is 11.6 Å². The first kappa shape index (κ1) is 30.0. The molecule has 2 heterocycles. The molecule has 3 aromatic rings. The monoisotopic (exact) mass is 590 g/mol. The SMILES string of the molecule is Cc1cccc(/C=C2\[C@H]3CCC[C@]2(COC(=O)c2ccccc2N2C(=O)CC(C)C2=O)CN(CCCc2ccccc2)C3)c1. The second kappa shape index (κ2) is 12.9. The number of fused-ring (bicyclic) bond motifs is 2. The van der Waals surface area contributed by atoms with Crippen LogP contribution in [-0.4, -0.2) is 48.9 Å². The number of carbonyl (C=O) groups is 3. The van der Waals surface area contributed by atoms with E-state index in [9.17, 15) is 14.4 Å². The number of amides is 2. The average Bonchev–Trinajstić information content (AvgIpc) is 3.27. The molecule has 3 aromatic carbocycles. The largest absolute Gasteiger partial charge is 0.461 e. The molecule has 0 radical (unpaired) electrons. The van der Waals surface area contributed by atoms with Crippen LogP contribution in [0.5, 0.6) is 0 Å². The number of hydrogen-bond acceptors (Lipinski definition) is 5. The Balaban J connectivity index is 1.25. The topological polar surface area (TPSA) is 66.9 Å². The Kier molecular flexibility index (Phi) is 8.81. The van der Waals surface area contributed by atoms with Crippen LogP contribution in [0.25, 0.3) is 6.08 Å². The average molecular weight is 591 g/mol. The van der Waals surface area contributed by atoms with E-state index in [1.54, 1.807) is 31.2 Å². The number of aryl methyl sites for hydroxylation is 2. The van der Waals surface area contributed by atoms with Crippen LogP contribution < -0.4 is 4.90 Å². The molecule has 6 rings (SSSR count). The van der Waals surface area contributed by atoms with Gasteiger partial charge in [-0.25, -0.2) is 9.69 Å². The minimum atomic E-state index is -0.492. The minimum absolute atomic E-state index is 0.153. The van der Waals surface area contributed by atoms with E-state index >= 15 is 0 Å². The lowest BCUT2D eigenvalue weighted by Gasteiger charge is -2.51. The highest BCUT2D eigenvalue weighted by molar-refractivity contribution is 6.22. The van der Waals surface area contributed by atoms with Crippen LogP contribution in [0.15, 0.2) is 84.4 Å². The zero-order valence-corrected chi connectivity index (χ0v) is 25.8. The van der Waals surface area contributed by atoms with Gasteiger partial charge in [-0.1, -0.05) is 97.3 Å². The fourth-order valence-electron chi connectivity index (χ4n) is 7.48. The van der Waals surface area contributed by atoms with Crippen molar-refractivity contribution in [3.63, 3.8) is 0 Å². The van der Waals surface area contributed by atoms with Gasteiger partial charge in [0.2, 0.25) is 11.8 Å². The van der Waals surface area contributed by atoms with Crippen LogP contribution in [0.4, 0.5) is 5.69 Å². The summed E-state index contributed by atoms with van der Waals surface area (Å²) >= 11 is 0. The summed E-state index contributed by atoms with van der Waals surface area (Å²) in [6.07, 6.45) is 7.79. The van der Waals surface area contributed by atoms with E-state index in [0.717, 1.165) is 56.6 Å². The number of para-hydroxylation sites is 1. The predicted octanol–water partition coefficient (Wildman–Crippen LogP) is 6.87. The second-order valence-corrected chi connectivity index (χ2v) is 13.0. The van der Waals surface area contributed by atoms with Crippen LogP contribution >= 0.6 is 0 Å². The first-order valence-corrected chi connectivity index (χ1v) is 16.0. The Morgan fingerprint density at radius 3 is 2.59 bits per heavy atom. The van der Waals surface area contributed by atoms with Gasteiger partial charge >= 0.3 is 5.97 Å². The molecule has 0 N–H and O–H groups in total. The molecule has 228 valence electrons. The van der Waals surface area contributed by atoms with Gasteiger partial charge in [-0.15, -0.1) is 0 Å². The van der Waals surface area contributed by atoms with Crippen molar-refractivity contribution in [1.29, 1.82) is 0 Å². The van der Waals surface area contributed by atoms with Crippen molar-refractivity contribution >= 4 is 29.5 Å². The van der Waals surface area contributed by atoms with Gasteiger partial charge in [0.05, 0.1) is 11.3 Å². The molecule has 0 aromatic heterocycles. The minimum Gasteiger partial charge on any atom is -0.461 e. The third-order valence-corrected chi connectivity index (χ3v) is 9.63. The van der Waals surface area contributed by atoms with E-state index in [-0.39, 0.29) is 35.8 Å². The van der Waals surface area contributed by atoms with E-state index in [1.165, 1.54) is 22.3 Å². The fraction of sp³-hybridized carbons (Fsp3) is 0.395. The summed E-state index contributed by atoms with van der Waals surface area (Å²) in [6.45, 7) is 6.98. The Hall–Kier alpha value is -4.03. The molecule has 0 spiro atoms. The van der Waals surface area contributed by atoms with Crippen LogP contribution in [-0.2, 0) is 20.7 Å². The van der Waals surface area contributed by atoms with Gasteiger partial charge in [-0.05, 0) is 68.3 Å². The summed E-state index contributed by atoms with van der Waals surface area (Å²) in [4.78, 5) is 43.0. The maximum atomic E-state index is 13.7. The molecular weight excluding hydrogens is 548 g/mol. The molecule has 6 heteroatoms. The number of likely N-dealkylation sites (tertiary alicyclic amines) is 1. The van der Waals surface area contributed by atoms with E-state index in [4.69, 9.17) is 4.74 Å². The van der Waals surface area contributed by atoms with Gasteiger partial charge in [-0.3, -0.25) is 9.59 Å². The highest BCUT2D eigenvalue weighted by atomic mass is 16.5. The molecule has 2 bridgehead atoms. The number of benzene rings is 3. The van der Waals surface area contributed by atoms with Crippen molar-refractivity contribution in [3.05, 3.63) is 107 Å². The van der Waals surface area contributed by atoms with Crippen molar-refractivity contribution in [2.45, 2.75) is 52.4 Å². The lowest BCUT2D eigenvalue weighted by atomic mass is 9.62. The number of esters is 1. The number of piperidine rings is 1. The Morgan fingerprint density at radius 2 is 1.82 bits per heavy atom. The number of anilines is 1. The first-order chi connectivity index (χ1) is 21.3. The fourth-order valence-corrected chi connectivity index (χ4v) is 7.48. The smallest absolute Gasteiger partial charge is 0.340 e. The number of carbonyl (C=O) groups excluding carboxylic acids is 3. The normalized spacial score (nSPS) is 24.6. The molecule has 44 heavy (non-hydrogen) atoms. The van der Waals surface area contributed by atoms with Crippen molar-refractivity contribution in [2.75, 3.05) is 31.1 Å². The van der Waals surface area contributed by atoms with Gasteiger partial charge in [0.15, 0.2) is 0 Å². The molecule has 2 aliphatic heterocycles. The Labute approximate surface area is 260 Å². The zero-order chi connectivity index (χ0) is 30.7. The number of hydrogen-bond donors (Lipinski definition) is 0. The predicted molar refractivity (Wildman–Crippen MR) is 173 cm³/mol. The quantitative estimate of drug-likeness (QED) is 0.201. The molecule has 6 nitrogen and oxygen atoms in total. The molecule has 3 fully saturated rings. The van der Waals surface area contributed by atoms with Gasteiger partial charge in [0, 0.05) is 30.8 Å². The summed E-state index contributed by atoms with van der Waals surface area (Å²) in [6, 6.07) is 26.0. The number of imide groups is 1. The van der Waals surface area contributed by atoms with Crippen LogP contribution in [0.3, 0.4) is 0 Å². The summed E-state index contributed by atoms with van der Waals surface area (Å²) in [5.41, 5.74) is 5.43. The third kappa shape index (κ3) is 6.27. The van der Waals surface area contributed by atoms with E-state index in [1.807, 2.05) is 0 Å². The Bertz CT molecular complexity index is 1560. The van der Waals surface area contributed by atoms with Crippen LogP contribution in [0.1, 0.15) is 66.1 Å². The maximum Gasteiger partial charge on any atom is 0.340 e. The number of rotatable bonds is 9. The van der Waals surface area contributed by atoms with Crippen molar-refractivity contribution in [3.8, 4) is 0 Å². The maximum absolute atomic E-state index is 13.7. The summed E-state index contributed by atoms with van der Waals surface area (Å²) in [5.74, 6) is -1.03. The number of ether oxygens (including phenoxy) is 1. The van der Waals surface area contributed by atoms with Gasteiger partial charge in [-0.2, -0.15) is 0 Å². The van der Waals surface area contributed by atoms with Crippen molar-refractivity contribution in [1.82, 2.24) is 4.90 Å². The molecule has 3 atom stereocenters. The van der Waals surface area contributed by atoms with Gasteiger partial charge in [0.25, 0.3) is 0 Å². The van der Waals surface area contributed by atoms with Crippen molar-refractivity contribution in [2.24, 2.45) is 17.3 Å². The van der Waals surface area contributed by atoms with Gasteiger partial charge in [0.1, 0.15) is 6.61 Å².